The van der Waals surface area contributed by atoms with Gasteiger partial charge in [-0.1, -0.05) is 30.3 Å². The third kappa shape index (κ3) is 3.53. The van der Waals surface area contributed by atoms with Gasteiger partial charge in [0.15, 0.2) is 0 Å². The number of aromatic hydroxyl groups is 1. The summed E-state index contributed by atoms with van der Waals surface area (Å²) in [5.74, 6) is -0.109. The van der Waals surface area contributed by atoms with Crippen molar-refractivity contribution in [2.45, 2.75) is 31.3 Å². The normalized spacial score (nSPS) is 19.4. The molecule has 0 bridgehead atoms. The maximum absolute atomic E-state index is 13.0. The van der Waals surface area contributed by atoms with Crippen LogP contribution in [0.25, 0.3) is 21.9 Å². The molecule has 6 rings (SSSR count). The minimum absolute atomic E-state index is 0.0907. The highest BCUT2D eigenvalue weighted by atomic mass is 16.3. The first-order valence-corrected chi connectivity index (χ1v) is 11.9. The van der Waals surface area contributed by atoms with E-state index in [0.717, 1.165) is 46.8 Å². The third-order valence-corrected chi connectivity index (χ3v) is 7.45. The molecule has 1 N–H and O–H groups in total. The van der Waals surface area contributed by atoms with Crippen LogP contribution < -0.4 is 4.90 Å². The lowest BCUT2D eigenvalue weighted by Crippen LogP contribution is -2.40. The maximum Gasteiger partial charge on any atom is 0.261 e. The third-order valence-electron chi connectivity index (χ3n) is 7.45. The van der Waals surface area contributed by atoms with Gasteiger partial charge >= 0.3 is 0 Å². The molecule has 2 atom stereocenters. The molecule has 2 amide bonds. The quantitative estimate of drug-likeness (QED) is 0.418. The Morgan fingerprint density at radius 2 is 1.60 bits per heavy atom. The predicted molar refractivity (Wildman–Crippen MR) is 136 cm³/mol. The number of fused-ring (bicyclic) bond motifs is 2. The molecule has 174 valence electrons. The Balaban J connectivity index is 1.26. The molecule has 4 aromatic rings. The van der Waals surface area contributed by atoms with E-state index in [0.29, 0.717) is 11.1 Å². The van der Waals surface area contributed by atoms with Gasteiger partial charge in [-0.05, 0) is 66.6 Å². The SMILES string of the molecule is CN(c1ccc2cncc(-c3ccc(O)cc3)c2c1)C1CCC(N2C(=O)c3ccccc3C2=O)C1. The standard InChI is InChI=1S/C29H25N3O3/c1-31(20-10-11-22(14-20)32-28(34)24-4-2-3-5-25(24)29(32)35)21-9-6-19-16-30-17-27(26(19)15-21)18-7-12-23(33)13-8-18/h2-9,12-13,15-17,20,22,33H,10-11,14H2,1H3. The molecule has 0 spiro atoms. The molecule has 6 heteroatoms. The largest absolute Gasteiger partial charge is 0.508 e. The van der Waals surface area contributed by atoms with E-state index < -0.39 is 0 Å². The van der Waals surface area contributed by atoms with Gasteiger partial charge in [0.25, 0.3) is 11.8 Å². The molecule has 1 aliphatic carbocycles. The van der Waals surface area contributed by atoms with Crippen molar-refractivity contribution in [3.8, 4) is 16.9 Å². The van der Waals surface area contributed by atoms with Crippen LogP contribution in [-0.2, 0) is 0 Å². The number of hydrogen-bond donors (Lipinski definition) is 1. The van der Waals surface area contributed by atoms with Crippen LogP contribution in [0.4, 0.5) is 5.69 Å². The van der Waals surface area contributed by atoms with Gasteiger partial charge in [-0.3, -0.25) is 19.5 Å². The summed E-state index contributed by atoms with van der Waals surface area (Å²) in [5, 5.41) is 11.8. The van der Waals surface area contributed by atoms with Gasteiger partial charge in [-0.2, -0.15) is 0 Å². The van der Waals surface area contributed by atoms with Crippen LogP contribution in [0.2, 0.25) is 0 Å². The number of amides is 2. The molecule has 2 unspecified atom stereocenters. The molecule has 35 heavy (non-hydrogen) atoms. The van der Waals surface area contributed by atoms with Crippen LogP contribution >= 0.6 is 0 Å². The number of anilines is 1. The number of carbonyl (C=O) groups excluding carboxylic acids is 2. The second-order valence-corrected chi connectivity index (χ2v) is 9.40. The van der Waals surface area contributed by atoms with E-state index in [1.807, 2.05) is 24.5 Å². The van der Waals surface area contributed by atoms with Crippen molar-refractivity contribution < 1.29 is 14.7 Å². The van der Waals surface area contributed by atoms with Gasteiger partial charge in [0, 0.05) is 48.2 Å². The Morgan fingerprint density at radius 3 is 2.31 bits per heavy atom. The zero-order valence-corrected chi connectivity index (χ0v) is 19.4. The van der Waals surface area contributed by atoms with Crippen molar-refractivity contribution in [3.05, 3.63) is 90.3 Å². The minimum atomic E-state index is -0.171. The van der Waals surface area contributed by atoms with Crippen LogP contribution in [0.15, 0.2) is 79.1 Å². The van der Waals surface area contributed by atoms with Gasteiger partial charge in [0.1, 0.15) is 5.75 Å². The van der Waals surface area contributed by atoms with Crippen LogP contribution in [0.3, 0.4) is 0 Å². The lowest BCUT2D eigenvalue weighted by Gasteiger charge is -2.28. The summed E-state index contributed by atoms with van der Waals surface area (Å²) in [6, 6.07) is 20.7. The number of aromatic nitrogens is 1. The Morgan fingerprint density at radius 1 is 0.886 bits per heavy atom. The zero-order chi connectivity index (χ0) is 24.1. The predicted octanol–water partition coefficient (Wildman–Crippen LogP) is 5.26. The molecular formula is C29H25N3O3. The maximum atomic E-state index is 13.0. The van der Waals surface area contributed by atoms with Crippen molar-refractivity contribution in [1.82, 2.24) is 9.88 Å². The molecule has 2 heterocycles. The summed E-state index contributed by atoms with van der Waals surface area (Å²) in [6.45, 7) is 0. The molecule has 1 saturated carbocycles. The monoisotopic (exact) mass is 463 g/mol. The Labute approximate surface area is 203 Å². The van der Waals surface area contributed by atoms with E-state index in [9.17, 15) is 14.7 Å². The van der Waals surface area contributed by atoms with E-state index in [1.165, 1.54) is 4.90 Å². The smallest absolute Gasteiger partial charge is 0.261 e. The van der Waals surface area contributed by atoms with Crippen molar-refractivity contribution in [1.29, 1.82) is 0 Å². The van der Waals surface area contributed by atoms with Gasteiger partial charge in [0.2, 0.25) is 0 Å². The van der Waals surface area contributed by atoms with Crippen LogP contribution in [0, 0.1) is 0 Å². The summed E-state index contributed by atoms with van der Waals surface area (Å²) in [7, 11) is 2.08. The highest BCUT2D eigenvalue weighted by Crippen LogP contribution is 2.37. The number of imide groups is 1. The molecular weight excluding hydrogens is 438 g/mol. The fourth-order valence-electron chi connectivity index (χ4n) is 5.51. The molecule has 0 saturated heterocycles. The lowest BCUT2D eigenvalue weighted by atomic mass is 10.00. The lowest BCUT2D eigenvalue weighted by molar-refractivity contribution is 0.0586. The number of phenolic OH excluding ortho intramolecular Hbond substituents is 1. The number of hydrogen-bond acceptors (Lipinski definition) is 5. The Hall–Kier alpha value is -4.19. The molecule has 1 aliphatic heterocycles. The first kappa shape index (κ1) is 21.4. The van der Waals surface area contributed by atoms with Crippen LogP contribution in [0.5, 0.6) is 5.75 Å². The fraction of sp³-hybridized carbons (Fsp3) is 0.207. The summed E-state index contributed by atoms with van der Waals surface area (Å²) in [4.78, 5) is 34.0. The fourth-order valence-corrected chi connectivity index (χ4v) is 5.51. The molecule has 0 radical (unpaired) electrons. The van der Waals surface area contributed by atoms with Crippen molar-refractivity contribution in [2.75, 3.05) is 11.9 Å². The topological polar surface area (TPSA) is 73.7 Å². The number of benzene rings is 3. The van der Waals surface area contributed by atoms with Crippen LogP contribution in [0.1, 0.15) is 40.0 Å². The molecule has 1 aromatic heterocycles. The second-order valence-electron chi connectivity index (χ2n) is 9.40. The van der Waals surface area contributed by atoms with E-state index in [-0.39, 0.29) is 29.6 Å². The molecule has 2 aliphatic rings. The van der Waals surface area contributed by atoms with Crippen molar-refractivity contribution in [2.24, 2.45) is 0 Å². The summed E-state index contributed by atoms with van der Waals surface area (Å²) in [6.07, 6.45) is 6.18. The number of rotatable bonds is 4. The Kier molecular flexibility index (Phi) is 5.02. The zero-order valence-electron chi connectivity index (χ0n) is 19.4. The summed E-state index contributed by atoms with van der Waals surface area (Å²) < 4.78 is 0. The molecule has 6 nitrogen and oxygen atoms in total. The number of pyridine rings is 1. The first-order chi connectivity index (χ1) is 17.0. The van der Waals surface area contributed by atoms with Crippen molar-refractivity contribution in [3.63, 3.8) is 0 Å². The number of phenols is 1. The molecule has 1 fully saturated rings. The highest BCUT2D eigenvalue weighted by Gasteiger charge is 2.43. The van der Waals surface area contributed by atoms with Gasteiger partial charge in [0.05, 0.1) is 11.1 Å². The number of carbonyl (C=O) groups is 2. The average molecular weight is 464 g/mol. The summed E-state index contributed by atoms with van der Waals surface area (Å²) >= 11 is 0. The van der Waals surface area contributed by atoms with E-state index in [1.54, 1.807) is 36.4 Å². The Bertz CT molecular complexity index is 1430. The van der Waals surface area contributed by atoms with E-state index >= 15 is 0 Å². The summed E-state index contributed by atoms with van der Waals surface area (Å²) in [5.41, 5.74) is 4.11. The van der Waals surface area contributed by atoms with Gasteiger partial charge in [-0.15, -0.1) is 0 Å². The van der Waals surface area contributed by atoms with E-state index in [2.05, 4.69) is 35.1 Å². The van der Waals surface area contributed by atoms with E-state index in [4.69, 9.17) is 0 Å². The second kappa shape index (κ2) is 8.24. The number of nitrogens with zero attached hydrogens (tertiary/aromatic N) is 3. The average Bonchev–Trinajstić information content (AvgIpc) is 3.46. The molecule has 3 aromatic carbocycles. The highest BCUT2D eigenvalue weighted by molar-refractivity contribution is 6.21. The first-order valence-electron chi connectivity index (χ1n) is 11.9. The van der Waals surface area contributed by atoms with Crippen molar-refractivity contribution >= 4 is 28.3 Å². The minimum Gasteiger partial charge on any atom is -0.508 e. The van der Waals surface area contributed by atoms with Gasteiger partial charge in [-0.25, -0.2) is 0 Å². The van der Waals surface area contributed by atoms with Gasteiger partial charge < -0.3 is 10.0 Å². The van der Waals surface area contributed by atoms with Crippen LogP contribution in [-0.4, -0.2) is 45.9 Å².